The van der Waals surface area contributed by atoms with E-state index in [1.165, 1.54) is 31.7 Å². The molecule has 8 nitrogen and oxygen atoms in total. The van der Waals surface area contributed by atoms with Crippen molar-refractivity contribution in [3.05, 3.63) is 48.2 Å². The van der Waals surface area contributed by atoms with Gasteiger partial charge in [0.25, 0.3) is 5.91 Å². The molecule has 1 amide bonds. The molecule has 3 aliphatic rings. The third-order valence-corrected chi connectivity index (χ3v) is 10.4. The quantitative estimate of drug-likeness (QED) is 0.401. The molecule has 6 rings (SSSR count). The largest absolute Gasteiger partial charge is 0.371 e. The van der Waals surface area contributed by atoms with Crippen LogP contribution < -0.4 is 14.9 Å². The second-order valence-electron chi connectivity index (χ2n) is 12.8. The van der Waals surface area contributed by atoms with E-state index in [1.54, 1.807) is 12.1 Å². The van der Waals surface area contributed by atoms with Gasteiger partial charge < -0.3 is 10.2 Å². The molecule has 1 saturated heterocycles. The molecule has 39 heavy (non-hydrogen) atoms. The average Bonchev–Trinajstić information content (AvgIpc) is 3.26. The molecule has 2 saturated carbocycles. The molecule has 0 radical (unpaired) electrons. The predicted molar refractivity (Wildman–Crippen MR) is 155 cm³/mol. The summed E-state index contributed by atoms with van der Waals surface area (Å²) >= 11 is 0. The van der Waals surface area contributed by atoms with Crippen LogP contribution >= 0.6 is 0 Å². The number of amides is 1. The zero-order chi connectivity index (χ0) is 27.4. The minimum atomic E-state index is -3.74. The van der Waals surface area contributed by atoms with Crippen molar-refractivity contribution in [3.8, 4) is 0 Å². The van der Waals surface area contributed by atoms with Gasteiger partial charge in [-0.25, -0.2) is 13.1 Å². The number of piperidine rings is 1. The Morgan fingerprint density at radius 2 is 1.72 bits per heavy atom. The maximum Gasteiger partial charge on any atom is 0.257 e. The van der Waals surface area contributed by atoms with Crippen molar-refractivity contribution in [1.29, 1.82) is 0 Å². The number of hydrogen-bond donors (Lipinski definition) is 2. The van der Waals surface area contributed by atoms with E-state index in [1.807, 2.05) is 45.2 Å². The number of fused-ring (bicyclic) bond motifs is 1. The summed E-state index contributed by atoms with van der Waals surface area (Å²) in [5, 5.41) is 8.79. The first-order chi connectivity index (χ1) is 18.5. The molecule has 2 aliphatic carbocycles. The fraction of sp³-hybridized carbons (Fsp3) is 0.533. The monoisotopic (exact) mass is 549 g/mol. The second-order valence-corrected chi connectivity index (χ2v) is 14.5. The highest BCUT2D eigenvalue weighted by molar-refractivity contribution is 7.89. The summed E-state index contributed by atoms with van der Waals surface area (Å²) in [5.74, 6) is -0.240. The van der Waals surface area contributed by atoms with Crippen molar-refractivity contribution in [2.75, 3.05) is 23.3 Å². The highest BCUT2D eigenvalue weighted by Gasteiger charge is 2.44. The van der Waals surface area contributed by atoms with E-state index in [9.17, 15) is 13.2 Å². The number of nitrogens with zero attached hydrogens (tertiary/aromatic N) is 3. The molecule has 1 aromatic heterocycles. The van der Waals surface area contributed by atoms with Gasteiger partial charge in [0.15, 0.2) is 0 Å². The van der Waals surface area contributed by atoms with Gasteiger partial charge in [-0.15, -0.1) is 0 Å². The van der Waals surface area contributed by atoms with Crippen molar-refractivity contribution in [1.82, 2.24) is 14.5 Å². The van der Waals surface area contributed by atoms with Crippen LogP contribution in [-0.2, 0) is 10.0 Å². The number of aromatic nitrogens is 2. The van der Waals surface area contributed by atoms with Crippen molar-refractivity contribution < 1.29 is 13.2 Å². The Kier molecular flexibility index (Phi) is 6.50. The number of hydrogen-bond acceptors (Lipinski definition) is 5. The molecule has 2 heterocycles. The van der Waals surface area contributed by atoms with E-state index in [0.29, 0.717) is 28.4 Å². The van der Waals surface area contributed by atoms with Crippen molar-refractivity contribution in [2.45, 2.75) is 88.6 Å². The first-order valence-corrected chi connectivity index (χ1v) is 15.7. The van der Waals surface area contributed by atoms with Gasteiger partial charge in [0.1, 0.15) is 0 Å². The van der Waals surface area contributed by atoms with Crippen LogP contribution in [0.15, 0.2) is 47.5 Å². The lowest BCUT2D eigenvalue weighted by atomic mass is 9.93. The first-order valence-electron chi connectivity index (χ1n) is 14.2. The maximum absolute atomic E-state index is 13.7. The van der Waals surface area contributed by atoms with Crippen molar-refractivity contribution in [3.63, 3.8) is 0 Å². The highest BCUT2D eigenvalue weighted by atomic mass is 32.2. The maximum atomic E-state index is 13.7. The van der Waals surface area contributed by atoms with Crippen LogP contribution in [0.5, 0.6) is 0 Å². The molecule has 0 atom stereocenters. The fourth-order valence-corrected chi connectivity index (χ4v) is 7.68. The summed E-state index contributed by atoms with van der Waals surface area (Å²) in [6, 6.07) is 11.2. The Morgan fingerprint density at radius 3 is 2.38 bits per heavy atom. The number of nitrogens with one attached hydrogen (secondary N) is 2. The minimum Gasteiger partial charge on any atom is -0.371 e. The molecule has 1 aliphatic heterocycles. The standard InChI is InChI=1S/C30H39N5O3S/c1-29(2,3)33-39(37,38)24-10-11-25(27(19-24)34-16-14-30(12-13-30)15-17-34)28(36)32-22-9-8-21-20-31-35(26(21)18-22)23-6-4-5-7-23/h8-11,18-20,23,33H,4-7,12-17H2,1-3H3,(H,32,36). The van der Waals surface area contributed by atoms with Gasteiger partial charge in [-0.2, -0.15) is 5.10 Å². The zero-order valence-electron chi connectivity index (χ0n) is 23.2. The molecule has 0 bridgehead atoms. The van der Waals surface area contributed by atoms with Crippen molar-refractivity contribution in [2.24, 2.45) is 5.41 Å². The Balaban J connectivity index is 1.31. The van der Waals surface area contributed by atoms with Gasteiger partial charge in [-0.05, 0) is 101 Å². The first kappa shape index (κ1) is 26.3. The van der Waals surface area contributed by atoms with Gasteiger partial charge >= 0.3 is 0 Å². The van der Waals surface area contributed by atoms with Crippen LogP contribution in [0.1, 0.15) is 88.5 Å². The van der Waals surface area contributed by atoms with Gasteiger partial charge in [0.2, 0.25) is 10.0 Å². The normalized spacial score (nSPS) is 19.6. The Bertz CT molecular complexity index is 1500. The number of rotatable bonds is 6. The van der Waals surface area contributed by atoms with E-state index in [-0.39, 0.29) is 10.8 Å². The van der Waals surface area contributed by atoms with Crippen LogP contribution in [0.4, 0.5) is 11.4 Å². The number of benzene rings is 2. The molecule has 3 fully saturated rings. The number of carbonyl (C=O) groups excluding carboxylic acids is 1. The molecule has 3 aromatic rings. The van der Waals surface area contributed by atoms with E-state index in [0.717, 1.165) is 49.7 Å². The lowest BCUT2D eigenvalue weighted by Crippen LogP contribution is -2.40. The van der Waals surface area contributed by atoms with Crippen molar-refractivity contribution >= 4 is 38.2 Å². The smallest absolute Gasteiger partial charge is 0.257 e. The van der Waals surface area contributed by atoms with Gasteiger partial charge in [0, 0.05) is 29.7 Å². The summed E-state index contributed by atoms with van der Waals surface area (Å²) in [6.07, 6.45) is 11.3. The number of sulfonamides is 1. The molecule has 2 aromatic carbocycles. The lowest BCUT2D eigenvalue weighted by Gasteiger charge is -2.35. The molecule has 208 valence electrons. The molecule has 1 spiro atoms. The summed E-state index contributed by atoms with van der Waals surface area (Å²) in [7, 11) is -3.74. The molecular formula is C30H39N5O3S. The Hall–Kier alpha value is -2.91. The van der Waals surface area contributed by atoms with Crippen LogP contribution in [0, 0.1) is 5.41 Å². The lowest BCUT2D eigenvalue weighted by molar-refractivity contribution is 0.102. The Morgan fingerprint density at radius 1 is 1.00 bits per heavy atom. The van der Waals surface area contributed by atoms with Crippen LogP contribution in [-0.4, -0.2) is 42.7 Å². The molecule has 9 heteroatoms. The van der Waals surface area contributed by atoms with E-state index >= 15 is 0 Å². The van der Waals surface area contributed by atoms with Crippen LogP contribution in [0.3, 0.4) is 0 Å². The number of carbonyl (C=O) groups is 1. The summed E-state index contributed by atoms with van der Waals surface area (Å²) in [4.78, 5) is 16.1. The SMILES string of the molecule is CC(C)(C)NS(=O)(=O)c1ccc(C(=O)Nc2ccc3cnn(C4CCCC4)c3c2)c(N2CCC3(CC2)CC3)c1. The summed E-state index contributed by atoms with van der Waals surface area (Å²) in [6.45, 7) is 7.11. The van der Waals surface area contributed by atoms with Gasteiger partial charge in [-0.3, -0.25) is 9.48 Å². The topological polar surface area (TPSA) is 96.3 Å². The average molecular weight is 550 g/mol. The van der Waals surface area contributed by atoms with Crippen LogP contribution in [0.2, 0.25) is 0 Å². The molecule has 0 unspecified atom stereocenters. The van der Waals surface area contributed by atoms with Gasteiger partial charge in [0.05, 0.1) is 33.9 Å². The third-order valence-electron chi connectivity index (χ3n) is 8.61. The zero-order valence-corrected chi connectivity index (χ0v) is 24.0. The minimum absolute atomic E-state index is 0.178. The summed E-state index contributed by atoms with van der Waals surface area (Å²) < 4.78 is 31.2. The van der Waals surface area contributed by atoms with Crippen LogP contribution in [0.25, 0.3) is 10.9 Å². The highest BCUT2D eigenvalue weighted by Crippen LogP contribution is 2.54. The Labute approximate surface area is 231 Å². The third kappa shape index (κ3) is 5.43. The van der Waals surface area contributed by atoms with E-state index in [4.69, 9.17) is 0 Å². The summed E-state index contributed by atoms with van der Waals surface area (Å²) in [5.41, 5.74) is 2.76. The van der Waals surface area contributed by atoms with E-state index < -0.39 is 15.6 Å². The predicted octanol–water partition coefficient (Wildman–Crippen LogP) is 5.86. The molecule has 2 N–H and O–H groups in total. The molecular weight excluding hydrogens is 510 g/mol. The van der Waals surface area contributed by atoms with E-state index in [2.05, 4.69) is 24.7 Å². The fourth-order valence-electron chi connectivity index (χ4n) is 6.25. The number of anilines is 2. The second kappa shape index (κ2) is 9.63. The van der Waals surface area contributed by atoms with Gasteiger partial charge in [-0.1, -0.05) is 12.8 Å².